The number of amides is 1. The van der Waals surface area contributed by atoms with Crippen molar-refractivity contribution in [2.75, 3.05) is 0 Å². The van der Waals surface area contributed by atoms with E-state index in [9.17, 15) is 19.6 Å². The average molecular weight is 434 g/mol. The summed E-state index contributed by atoms with van der Waals surface area (Å²) in [4.78, 5) is 24.5. The molecule has 0 radical (unpaired) electrons. The summed E-state index contributed by atoms with van der Waals surface area (Å²) in [7, 11) is -1.66. The van der Waals surface area contributed by atoms with Gasteiger partial charge in [-0.2, -0.15) is 0 Å². The number of carbonyl (C=O) groups excluding carboxylic acids is 1. The van der Waals surface area contributed by atoms with E-state index in [0.29, 0.717) is 12.8 Å². The van der Waals surface area contributed by atoms with Crippen LogP contribution in [0.2, 0.25) is 0 Å². The van der Waals surface area contributed by atoms with Gasteiger partial charge in [-0.3, -0.25) is 14.2 Å². The van der Waals surface area contributed by atoms with Gasteiger partial charge in [-0.1, -0.05) is 65.9 Å². The number of carbonyl (C=O) groups is 1. The van der Waals surface area contributed by atoms with Gasteiger partial charge in [0, 0.05) is 13.0 Å². The van der Waals surface area contributed by atoms with Gasteiger partial charge >= 0.3 is 12.0 Å². The van der Waals surface area contributed by atoms with Gasteiger partial charge in [-0.25, -0.2) is 0 Å². The highest BCUT2D eigenvalue weighted by Crippen LogP contribution is 2.18. The molecule has 1 amide bonds. The van der Waals surface area contributed by atoms with Crippen LogP contribution >= 0.6 is 11.3 Å². The zero-order valence-electron chi connectivity index (χ0n) is 16.9. The zero-order valence-corrected chi connectivity index (χ0v) is 17.7. The van der Waals surface area contributed by atoms with E-state index in [2.05, 4.69) is 11.4 Å². The Balaban J connectivity index is 1.36. The van der Waals surface area contributed by atoms with Gasteiger partial charge in [-0.15, -0.1) is 0 Å². The lowest BCUT2D eigenvalue weighted by Gasteiger charge is -2.18. The highest BCUT2D eigenvalue weighted by molar-refractivity contribution is 7.16. The lowest BCUT2D eigenvalue weighted by Crippen LogP contribution is -2.47. The van der Waals surface area contributed by atoms with E-state index >= 15 is 0 Å². The van der Waals surface area contributed by atoms with Crippen LogP contribution in [0.5, 0.6) is 0 Å². The van der Waals surface area contributed by atoms with Crippen molar-refractivity contribution in [2.24, 2.45) is 0 Å². The van der Waals surface area contributed by atoms with Gasteiger partial charge in [0.25, 0.3) is 0 Å². The lowest BCUT2D eigenvalue weighted by atomic mass is 9.76. The van der Waals surface area contributed by atoms with Crippen LogP contribution < -0.4 is 10.2 Å². The van der Waals surface area contributed by atoms with Crippen LogP contribution in [0.3, 0.4) is 0 Å². The number of para-hydroxylation sites is 1. The molecule has 3 N–H and O–H groups in total. The topological polar surface area (TPSA) is 91.6 Å². The Bertz CT molecular complexity index is 1270. The van der Waals surface area contributed by atoms with Crippen molar-refractivity contribution in [3.63, 3.8) is 0 Å². The van der Waals surface area contributed by atoms with Gasteiger partial charge in [0.2, 0.25) is 5.91 Å². The summed E-state index contributed by atoms with van der Waals surface area (Å²) in [6.07, 6.45) is 1.07. The molecule has 0 aliphatic rings. The van der Waals surface area contributed by atoms with Gasteiger partial charge < -0.3 is 15.4 Å². The quantitative estimate of drug-likeness (QED) is 0.372. The molecule has 0 bridgehead atoms. The Morgan fingerprint density at radius 3 is 2.58 bits per heavy atom. The maximum Gasteiger partial charge on any atom is 0.475 e. The summed E-state index contributed by atoms with van der Waals surface area (Å²) in [5.41, 5.74) is 1.87. The number of aromatic nitrogens is 1. The highest BCUT2D eigenvalue weighted by Gasteiger charge is 2.25. The molecule has 1 aromatic heterocycles. The van der Waals surface area contributed by atoms with Gasteiger partial charge in [-0.05, 0) is 41.3 Å². The first-order valence-electron chi connectivity index (χ1n) is 10.2. The first-order chi connectivity index (χ1) is 15.0. The predicted octanol–water partition coefficient (Wildman–Crippen LogP) is 2.74. The van der Waals surface area contributed by atoms with E-state index in [0.717, 1.165) is 37.9 Å². The molecule has 0 aliphatic heterocycles. The van der Waals surface area contributed by atoms with Crippen molar-refractivity contribution in [1.82, 2.24) is 9.88 Å². The fourth-order valence-corrected chi connectivity index (χ4v) is 4.65. The number of benzene rings is 3. The monoisotopic (exact) mass is 434 g/mol. The first-order valence-corrected chi connectivity index (χ1v) is 11.0. The van der Waals surface area contributed by atoms with E-state index in [4.69, 9.17) is 0 Å². The molecule has 0 saturated carbocycles. The maximum absolute atomic E-state index is 12.4. The molecular formula is C23H23BN2O4S. The van der Waals surface area contributed by atoms with E-state index in [1.807, 2.05) is 60.7 Å². The summed E-state index contributed by atoms with van der Waals surface area (Å²) < 4.78 is 2.46. The number of nitrogens with one attached hydrogen (secondary N) is 1. The molecular weight excluding hydrogens is 411 g/mol. The molecule has 8 heteroatoms. The molecule has 0 spiro atoms. The number of aryl methyl sites for hydroxylation is 2. The average Bonchev–Trinajstić information content (AvgIpc) is 3.09. The van der Waals surface area contributed by atoms with Crippen molar-refractivity contribution in [2.45, 2.75) is 31.7 Å². The minimum atomic E-state index is -1.66. The van der Waals surface area contributed by atoms with Gasteiger partial charge in [0.05, 0.1) is 16.2 Å². The molecule has 1 atom stereocenters. The third kappa shape index (κ3) is 5.04. The Kier molecular flexibility index (Phi) is 6.51. The van der Waals surface area contributed by atoms with Crippen LogP contribution in [0.15, 0.2) is 71.5 Å². The number of nitrogens with zero attached hydrogens (tertiary/aromatic N) is 1. The lowest BCUT2D eigenvalue weighted by molar-refractivity contribution is -0.121. The predicted molar refractivity (Wildman–Crippen MR) is 125 cm³/mol. The molecule has 0 fully saturated rings. The normalized spacial score (nSPS) is 12.2. The van der Waals surface area contributed by atoms with E-state index in [1.165, 1.54) is 0 Å². The van der Waals surface area contributed by atoms with Crippen LogP contribution in [0.1, 0.15) is 18.4 Å². The van der Waals surface area contributed by atoms with Crippen LogP contribution in [0.25, 0.3) is 21.0 Å². The minimum absolute atomic E-state index is 0.0832. The van der Waals surface area contributed by atoms with E-state index in [1.54, 1.807) is 4.57 Å². The second-order valence-corrected chi connectivity index (χ2v) is 8.54. The maximum atomic E-state index is 12.4. The fourth-order valence-electron chi connectivity index (χ4n) is 3.73. The zero-order chi connectivity index (χ0) is 21.8. The molecule has 158 valence electrons. The van der Waals surface area contributed by atoms with E-state index in [-0.39, 0.29) is 23.7 Å². The second kappa shape index (κ2) is 9.47. The highest BCUT2D eigenvalue weighted by atomic mass is 32.1. The van der Waals surface area contributed by atoms with Crippen molar-refractivity contribution >= 4 is 45.4 Å². The largest absolute Gasteiger partial charge is 0.475 e. The second-order valence-electron chi connectivity index (χ2n) is 7.55. The van der Waals surface area contributed by atoms with Crippen LogP contribution in [0, 0.1) is 0 Å². The van der Waals surface area contributed by atoms with E-state index < -0.39 is 13.1 Å². The van der Waals surface area contributed by atoms with Gasteiger partial charge in [0.1, 0.15) is 0 Å². The SMILES string of the molecule is O=C(CCn1c(=O)sc2ccccc21)N[C@@H](CCc1ccc2ccccc2c1)B(O)O. The number of hydrogen-bond donors (Lipinski definition) is 3. The summed E-state index contributed by atoms with van der Waals surface area (Å²) in [5, 5.41) is 24.4. The Labute approximate surface area is 183 Å². The van der Waals surface area contributed by atoms with Gasteiger partial charge in [0.15, 0.2) is 0 Å². The van der Waals surface area contributed by atoms with Crippen LogP contribution in [-0.4, -0.2) is 33.6 Å². The standard InChI is InChI=1S/C23H23BN2O4S/c27-22(13-14-26-19-7-3-4-8-20(19)31-23(26)28)25-21(24(29)30)12-10-16-9-11-17-5-1-2-6-18(17)15-16/h1-9,11,15,21,29-30H,10,12-14H2,(H,25,27)/t21-/m0/s1. The summed E-state index contributed by atoms with van der Waals surface area (Å²) in [5.74, 6) is -1.10. The van der Waals surface area contributed by atoms with Crippen molar-refractivity contribution in [1.29, 1.82) is 0 Å². The van der Waals surface area contributed by atoms with Crippen LogP contribution in [0.4, 0.5) is 0 Å². The first kappa shape index (κ1) is 21.3. The third-order valence-corrected chi connectivity index (χ3v) is 6.36. The Hall–Kier alpha value is -2.94. The van der Waals surface area contributed by atoms with Crippen molar-refractivity contribution < 1.29 is 14.8 Å². The Morgan fingerprint density at radius 1 is 1.03 bits per heavy atom. The molecule has 31 heavy (non-hydrogen) atoms. The molecule has 3 aromatic carbocycles. The minimum Gasteiger partial charge on any atom is -0.426 e. The van der Waals surface area contributed by atoms with Crippen LogP contribution in [-0.2, 0) is 17.8 Å². The third-order valence-electron chi connectivity index (χ3n) is 5.40. The summed E-state index contributed by atoms with van der Waals surface area (Å²) >= 11 is 1.15. The number of rotatable bonds is 8. The number of hydrogen-bond acceptors (Lipinski definition) is 5. The molecule has 0 aliphatic carbocycles. The number of fused-ring (bicyclic) bond motifs is 2. The fraction of sp³-hybridized carbons (Fsp3) is 0.217. The molecule has 0 saturated heterocycles. The van der Waals surface area contributed by atoms with Crippen molar-refractivity contribution in [3.05, 3.63) is 82.0 Å². The smallest absolute Gasteiger partial charge is 0.426 e. The molecule has 0 unspecified atom stereocenters. The summed E-state index contributed by atoms with van der Waals surface area (Å²) in [6.45, 7) is 0.244. The molecule has 6 nitrogen and oxygen atoms in total. The van der Waals surface area contributed by atoms with Crippen molar-refractivity contribution in [3.8, 4) is 0 Å². The molecule has 4 aromatic rings. The molecule has 1 heterocycles. The summed E-state index contributed by atoms with van der Waals surface area (Å²) in [6, 6.07) is 21.6. The number of thiazole rings is 1. The molecule has 4 rings (SSSR count). The Morgan fingerprint density at radius 2 is 1.77 bits per heavy atom.